The average Bonchev–Trinajstić information content (AvgIpc) is 2.48. The highest BCUT2D eigenvalue weighted by Crippen LogP contribution is 2.34. The van der Waals surface area contributed by atoms with Crippen LogP contribution in [0.1, 0.15) is 5.56 Å². The molecule has 0 N–H and O–H groups in total. The Kier molecular flexibility index (Phi) is 5.44. The van der Waals surface area contributed by atoms with Crippen LogP contribution in [-0.4, -0.2) is 13.1 Å². The zero-order valence-corrected chi connectivity index (χ0v) is 13.3. The molecule has 0 aliphatic heterocycles. The van der Waals surface area contributed by atoms with Crippen LogP contribution in [0.4, 0.5) is 0 Å². The Morgan fingerprint density at radius 1 is 1.10 bits per heavy atom. The molecule has 0 bridgehead atoms. The van der Waals surface area contributed by atoms with E-state index in [0.29, 0.717) is 0 Å². The first-order valence-corrected chi connectivity index (χ1v) is 7.58. The number of rotatable bonds is 4. The molecule has 4 heteroatoms. The SMILES string of the molecule is COC(=O)/C=C(\Sc1ccccc1)c1ccc(Br)cc1. The third kappa shape index (κ3) is 4.25. The molecule has 2 aromatic rings. The van der Waals surface area contributed by atoms with Crippen LogP contribution in [0.15, 0.2) is 70.0 Å². The van der Waals surface area contributed by atoms with Gasteiger partial charge >= 0.3 is 5.97 Å². The fourth-order valence-electron chi connectivity index (χ4n) is 1.57. The summed E-state index contributed by atoms with van der Waals surface area (Å²) in [6.07, 6.45) is 1.51. The van der Waals surface area contributed by atoms with E-state index in [9.17, 15) is 4.79 Å². The van der Waals surface area contributed by atoms with E-state index in [1.54, 1.807) is 0 Å². The van der Waals surface area contributed by atoms with Crippen LogP contribution < -0.4 is 0 Å². The largest absolute Gasteiger partial charge is 0.466 e. The Morgan fingerprint density at radius 3 is 2.35 bits per heavy atom. The number of carbonyl (C=O) groups excluding carboxylic acids is 1. The predicted octanol–water partition coefficient (Wildman–Crippen LogP) is 4.76. The van der Waals surface area contributed by atoms with Gasteiger partial charge in [-0.25, -0.2) is 4.79 Å². The molecule has 0 saturated carbocycles. The normalized spacial score (nSPS) is 11.2. The van der Waals surface area contributed by atoms with Crippen molar-refractivity contribution < 1.29 is 9.53 Å². The van der Waals surface area contributed by atoms with Crippen LogP contribution in [0.2, 0.25) is 0 Å². The maximum absolute atomic E-state index is 11.5. The number of methoxy groups -OCH3 is 1. The summed E-state index contributed by atoms with van der Waals surface area (Å²) in [4.78, 5) is 13.5. The van der Waals surface area contributed by atoms with Crippen molar-refractivity contribution in [3.8, 4) is 0 Å². The minimum absolute atomic E-state index is 0.355. The molecule has 0 aliphatic rings. The maximum atomic E-state index is 11.5. The van der Waals surface area contributed by atoms with E-state index < -0.39 is 0 Å². The van der Waals surface area contributed by atoms with Gasteiger partial charge in [0.05, 0.1) is 7.11 Å². The van der Waals surface area contributed by atoms with Crippen molar-refractivity contribution in [2.45, 2.75) is 4.90 Å². The summed E-state index contributed by atoms with van der Waals surface area (Å²) >= 11 is 4.94. The van der Waals surface area contributed by atoms with Crippen LogP contribution in [0, 0.1) is 0 Å². The molecule has 2 aromatic carbocycles. The lowest BCUT2D eigenvalue weighted by Gasteiger charge is -2.07. The van der Waals surface area contributed by atoms with E-state index in [0.717, 1.165) is 19.8 Å². The van der Waals surface area contributed by atoms with E-state index in [4.69, 9.17) is 4.74 Å². The highest BCUT2D eigenvalue weighted by atomic mass is 79.9. The molecule has 2 rings (SSSR count). The first-order valence-electron chi connectivity index (χ1n) is 5.97. The van der Waals surface area contributed by atoms with Crippen molar-refractivity contribution in [3.05, 3.63) is 70.7 Å². The number of ether oxygens (including phenoxy) is 1. The topological polar surface area (TPSA) is 26.3 Å². The molecule has 0 saturated heterocycles. The molecule has 0 aromatic heterocycles. The van der Waals surface area contributed by atoms with E-state index >= 15 is 0 Å². The van der Waals surface area contributed by atoms with E-state index in [2.05, 4.69) is 15.9 Å². The minimum atomic E-state index is -0.355. The molecule has 0 amide bonds. The molecule has 0 aliphatic carbocycles. The number of halogens is 1. The molecular weight excluding hydrogens is 336 g/mol. The lowest BCUT2D eigenvalue weighted by Crippen LogP contribution is -1.96. The van der Waals surface area contributed by atoms with E-state index in [-0.39, 0.29) is 5.97 Å². The molecule has 0 heterocycles. The molecule has 0 unspecified atom stereocenters. The summed E-state index contributed by atoms with van der Waals surface area (Å²) in [5.74, 6) is -0.355. The third-order valence-corrected chi connectivity index (χ3v) is 4.16. The summed E-state index contributed by atoms with van der Waals surface area (Å²) in [5, 5.41) is 0. The van der Waals surface area contributed by atoms with Gasteiger partial charge in [-0.05, 0) is 29.8 Å². The standard InChI is InChI=1S/C16H13BrO2S/c1-19-16(18)11-15(12-7-9-13(17)10-8-12)20-14-5-3-2-4-6-14/h2-11H,1H3/b15-11-. The van der Waals surface area contributed by atoms with Crippen molar-refractivity contribution in [1.82, 2.24) is 0 Å². The van der Waals surface area contributed by atoms with E-state index in [1.807, 2.05) is 54.6 Å². The van der Waals surface area contributed by atoms with Gasteiger partial charge in [-0.1, -0.05) is 58.0 Å². The van der Waals surface area contributed by atoms with Crippen LogP contribution >= 0.6 is 27.7 Å². The Balaban J connectivity index is 2.32. The maximum Gasteiger partial charge on any atom is 0.331 e. The number of hydrogen-bond acceptors (Lipinski definition) is 3. The average molecular weight is 349 g/mol. The number of hydrogen-bond donors (Lipinski definition) is 0. The summed E-state index contributed by atoms with van der Waals surface area (Å²) in [6.45, 7) is 0. The fraction of sp³-hybridized carbons (Fsp3) is 0.0625. The summed E-state index contributed by atoms with van der Waals surface area (Å²) in [5.41, 5.74) is 0.979. The first kappa shape index (κ1) is 14.9. The smallest absolute Gasteiger partial charge is 0.331 e. The van der Waals surface area contributed by atoms with Crippen molar-refractivity contribution in [2.24, 2.45) is 0 Å². The predicted molar refractivity (Wildman–Crippen MR) is 86.4 cm³/mol. The lowest BCUT2D eigenvalue weighted by atomic mass is 10.2. The highest BCUT2D eigenvalue weighted by molar-refractivity contribution is 9.10. The Morgan fingerprint density at radius 2 is 1.75 bits per heavy atom. The van der Waals surface area contributed by atoms with Gasteiger partial charge in [0.25, 0.3) is 0 Å². The van der Waals surface area contributed by atoms with Gasteiger partial charge in [-0.2, -0.15) is 0 Å². The molecule has 2 nitrogen and oxygen atoms in total. The number of carbonyl (C=O) groups is 1. The van der Waals surface area contributed by atoms with Crippen LogP contribution in [0.5, 0.6) is 0 Å². The number of thioether (sulfide) groups is 1. The second-order valence-electron chi connectivity index (χ2n) is 3.95. The van der Waals surface area contributed by atoms with Crippen molar-refractivity contribution in [3.63, 3.8) is 0 Å². The van der Waals surface area contributed by atoms with Crippen molar-refractivity contribution in [1.29, 1.82) is 0 Å². The van der Waals surface area contributed by atoms with Crippen LogP contribution in [-0.2, 0) is 9.53 Å². The van der Waals surface area contributed by atoms with Crippen molar-refractivity contribution in [2.75, 3.05) is 7.11 Å². The zero-order chi connectivity index (χ0) is 14.4. The molecular formula is C16H13BrO2S. The highest BCUT2D eigenvalue weighted by Gasteiger charge is 2.07. The van der Waals surface area contributed by atoms with Gasteiger partial charge in [0, 0.05) is 20.3 Å². The van der Waals surface area contributed by atoms with Gasteiger partial charge in [-0.15, -0.1) is 0 Å². The zero-order valence-electron chi connectivity index (χ0n) is 10.9. The van der Waals surface area contributed by atoms with Gasteiger partial charge in [0.15, 0.2) is 0 Å². The van der Waals surface area contributed by atoms with Gasteiger partial charge < -0.3 is 4.74 Å². The molecule has 0 spiro atoms. The Labute approximate surface area is 131 Å². The number of esters is 1. The van der Waals surface area contributed by atoms with Gasteiger partial charge in [-0.3, -0.25) is 0 Å². The van der Waals surface area contributed by atoms with E-state index in [1.165, 1.54) is 24.9 Å². The Hall–Kier alpha value is -1.52. The number of benzene rings is 2. The molecule has 0 radical (unpaired) electrons. The van der Waals surface area contributed by atoms with Gasteiger partial charge in [0.1, 0.15) is 0 Å². The Bertz CT molecular complexity index is 606. The fourth-order valence-corrected chi connectivity index (χ4v) is 2.79. The van der Waals surface area contributed by atoms with Crippen molar-refractivity contribution >= 4 is 38.6 Å². The second kappa shape index (κ2) is 7.31. The van der Waals surface area contributed by atoms with Crippen LogP contribution in [0.3, 0.4) is 0 Å². The monoisotopic (exact) mass is 348 g/mol. The summed E-state index contributed by atoms with van der Waals surface area (Å²) in [7, 11) is 1.38. The summed E-state index contributed by atoms with van der Waals surface area (Å²) < 4.78 is 5.73. The molecule has 20 heavy (non-hydrogen) atoms. The summed E-state index contributed by atoms with van der Waals surface area (Å²) in [6, 6.07) is 17.8. The molecule has 102 valence electrons. The van der Waals surface area contributed by atoms with Gasteiger partial charge in [0.2, 0.25) is 0 Å². The quantitative estimate of drug-likeness (QED) is 0.452. The lowest BCUT2D eigenvalue weighted by molar-refractivity contribution is -0.134. The minimum Gasteiger partial charge on any atom is -0.466 e. The molecule has 0 fully saturated rings. The second-order valence-corrected chi connectivity index (χ2v) is 5.98. The third-order valence-electron chi connectivity index (χ3n) is 2.55. The first-order chi connectivity index (χ1) is 9.69. The molecule has 0 atom stereocenters. The van der Waals surface area contributed by atoms with Crippen LogP contribution in [0.25, 0.3) is 4.91 Å².